The topological polar surface area (TPSA) is 23.5 Å². The highest BCUT2D eigenvalue weighted by Gasteiger charge is 2.43. The standard InChI is InChI=1S/C11H19F4NO/c1-8(17)6-9-4-2-3-5-16(9)7-11(14,15)10(12)13/h8-10,17H,2-7H2,1H3. The molecule has 0 aromatic rings. The first-order valence-corrected chi connectivity index (χ1v) is 5.91. The second-order valence-corrected chi connectivity index (χ2v) is 4.77. The molecule has 1 aliphatic heterocycles. The molecule has 102 valence electrons. The van der Waals surface area contributed by atoms with Crippen LogP contribution >= 0.6 is 0 Å². The Kier molecular flexibility index (Phi) is 5.19. The molecule has 0 aromatic carbocycles. The van der Waals surface area contributed by atoms with Crippen LogP contribution in [0.5, 0.6) is 0 Å². The summed E-state index contributed by atoms with van der Waals surface area (Å²) in [4.78, 5) is 1.39. The zero-order valence-corrected chi connectivity index (χ0v) is 9.88. The van der Waals surface area contributed by atoms with E-state index in [1.807, 2.05) is 0 Å². The van der Waals surface area contributed by atoms with Crippen LogP contribution in [0.2, 0.25) is 0 Å². The third-order valence-electron chi connectivity index (χ3n) is 3.10. The Morgan fingerprint density at radius 2 is 2.00 bits per heavy atom. The summed E-state index contributed by atoms with van der Waals surface area (Å²) in [5.41, 5.74) is 0. The van der Waals surface area contributed by atoms with E-state index in [0.717, 1.165) is 12.8 Å². The van der Waals surface area contributed by atoms with Crippen LogP contribution in [0.3, 0.4) is 0 Å². The van der Waals surface area contributed by atoms with Gasteiger partial charge in [-0.05, 0) is 32.7 Å². The summed E-state index contributed by atoms with van der Waals surface area (Å²) in [5.74, 6) is -3.96. The number of nitrogens with zero attached hydrogens (tertiary/aromatic N) is 1. The molecule has 1 rings (SSSR count). The van der Waals surface area contributed by atoms with Crippen molar-refractivity contribution in [2.24, 2.45) is 0 Å². The van der Waals surface area contributed by atoms with Gasteiger partial charge < -0.3 is 5.11 Å². The van der Waals surface area contributed by atoms with Crippen LogP contribution in [0.4, 0.5) is 17.6 Å². The lowest BCUT2D eigenvalue weighted by molar-refractivity contribution is -0.149. The van der Waals surface area contributed by atoms with Gasteiger partial charge in [-0.1, -0.05) is 6.42 Å². The van der Waals surface area contributed by atoms with Crippen molar-refractivity contribution in [3.8, 4) is 0 Å². The number of aliphatic hydroxyl groups excluding tert-OH is 1. The molecular weight excluding hydrogens is 238 g/mol. The zero-order valence-electron chi connectivity index (χ0n) is 9.88. The van der Waals surface area contributed by atoms with Crippen LogP contribution in [0, 0.1) is 0 Å². The Hall–Kier alpha value is -0.360. The molecule has 2 unspecified atom stereocenters. The van der Waals surface area contributed by atoms with E-state index in [2.05, 4.69) is 0 Å². The number of piperidine rings is 1. The molecule has 0 bridgehead atoms. The molecule has 2 atom stereocenters. The molecule has 0 aliphatic carbocycles. The molecule has 2 nitrogen and oxygen atoms in total. The molecule has 0 radical (unpaired) electrons. The van der Waals surface area contributed by atoms with Gasteiger partial charge in [-0.25, -0.2) is 8.78 Å². The Morgan fingerprint density at radius 3 is 2.53 bits per heavy atom. The van der Waals surface area contributed by atoms with Crippen molar-refractivity contribution in [3.63, 3.8) is 0 Å². The fourth-order valence-corrected chi connectivity index (χ4v) is 2.27. The summed E-state index contributed by atoms with van der Waals surface area (Å²) >= 11 is 0. The highest BCUT2D eigenvalue weighted by atomic mass is 19.3. The van der Waals surface area contributed by atoms with Gasteiger partial charge in [0.1, 0.15) is 0 Å². The SMILES string of the molecule is CC(O)CC1CCCCN1CC(F)(F)C(F)F. The summed E-state index contributed by atoms with van der Waals surface area (Å²) in [6, 6.07) is -0.214. The number of aliphatic hydroxyl groups is 1. The van der Waals surface area contributed by atoms with E-state index in [0.29, 0.717) is 19.4 Å². The average molecular weight is 257 g/mol. The van der Waals surface area contributed by atoms with Gasteiger partial charge in [0, 0.05) is 6.04 Å². The predicted molar refractivity (Wildman–Crippen MR) is 56.5 cm³/mol. The number of halogens is 4. The van der Waals surface area contributed by atoms with Crippen molar-refractivity contribution in [2.45, 2.75) is 57.1 Å². The molecule has 6 heteroatoms. The summed E-state index contributed by atoms with van der Waals surface area (Å²) < 4.78 is 50.2. The first-order valence-electron chi connectivity index (χ1n) is 5.91. The largest absolute Gasteiger partial charge is 0.393 e. The lowest BCUT2D eigenvalue weighted by Crippen LogP contribution is -2.49. The zero-order chi connectivity index (χ0) is 13.1. The lowest BCUT2D eigenvalue weighted by Gasteiger charge is -2.38. The maximum absolute atomic E-state index is 13.0. The smallest absolute Gasteiger partial charge is 0.319 e. The minimum absolute atomic E-state index is 0.214. The third kappa shape index (κ3) is 4.43. The molecule has 1 fully saturated rings. The molecule has 0 saturated carbocycles. The number of hydrogen-bond donors (Lipinski definition) is 1. The molecule has 1 heterocycles. The fourth-order valence-electron chi connectivity index (χ4n) is 2.27. The van der Waals surface area contributed by atoms with Gasteiger partial charge >= 0.3 is 12.3 Å². The molecule has 17 heavy (non-hydrogen) atoms. The highest BCUT2D eigenvalue weighted by molar-refractivity contribution is 4.83. The second kappa shape index (κ2) is 6.00. The van der Waals surface area contributed by atoms with Crippen LogP contribution in [0.1, 0.15) is 32.6 Å². The molecular formula is C11H19F4NO. The molecule has 1 N–H and O–H groups in total. The number of rotatable bonds is 5. The summed E-state index contributed by atoms with van der Waals surface area (Å²) in [7, 11) is 0. The van der Waals surface area contributed by atoms with E-state index in [9.17, 15) is 22.7 Å². The minimum Gasteiger partial charge on any atom is -0.393 e. The quantitative estimate of drug-likeness (QED) is 0.765. The Morgan fingerprint density at radius 1 is 1.35 bits per heavy atom. The molecule has 0 spiro atoms. The highest BCUT2D eigenvalue weighted by Crippen LogP contribution is 2.28. The van der Waals surface area contributed by atoms with E-state index in [1.54, 1.807) is 6.92 Å². The van der Waals surface area contributed by atoms with Gasteiger partial charge in [-0.3, -0.25) is 4.90 Å². The van der Waals surface area contributed by atoms with E-state index in [4.69, 9.17) is 0 Å². The van der Waals surface area contributed by atoms with Gasteiger partial charge in [0.15, 0.2) is 0 Å². The van der Waals surface area contributed by atoms with E-state index in [-0.39, 0.29) is 6.04 Å². The van der Waals surface area contributed by atoms with Crippen molar-refractivity contribution >= 4 is 0 Å². The van der Waals surface area contributed by atoms with E-state index < -0.39 is 25.0 Å². The molecule has 0 amide bonds. The van der Waals surface area contributed by atoms with Crippen LogP contribution in [-0.2, 0) is 0 Å². The Bertz CT molecular complexity index is 236. The first-order chi connectivity index (χ1) is 7.83. The van der Waals surface area contributed by atoms with E-state index in [1.165, 1.54) is 4.90 Å². The van der Waals surface area contributed by atoms with Crippen LogP contribution < -0.4 is 0 Å². The summed E-state index contributed by atoms with van der Waals surface area (Å²) in [5, 5.41) is 9.27. The maximum atomic E-state index is 13.0. The Balaban J connectivity index is 2.59. The van der Waals surface area contributed by atoms with Gasteiger partial charge in [-0.2, -0.15) is 8.78 Å². The molecule has 0 aromatic heterocycles. The van der Waals surface area contributed by atoms with Crippen molar-refractivity contribution in [1.82, 2.24) is 4.90 Å². The number of hydrogen-bond acceptors (Lipinski definition) is 2. The summed E-state index contributed by atoms with van der Waals surface area (Å²) in [6.45, 7) is 1.07. The molecule has 1 saturated heterocycles. The van der Waals surface area contributed by atoms with Gasteiger partial charge in [0.25, 0.3) is 0 Å². The van der Waals surface area contributed by atoms with Crippen LogP contribution in [-0.4, -0.2) is 47.6 Å². The van der Waals surface area contributed by atoms with Gasteiger partial charge in [-0.15, -0.1) is 0 Å². The maximum Gasteiger partial charge on any atom is 0.319 e. The van der Waals surface area contributed by atoms with Crippen molar-refractivity contribution in [1.29, 1.82) is 0 Å². The third-order valence-corrected chi connectivity index (χ3v) is 3.10. The average Bonchev–Trinajstić information content (AvgIpc) is 2.19. The number of likely N-dealkylation sites (tertiary alicyclic amines) is 1. The summed E-state index contributed by atoms with van der Waals surface area (Å²) in [6.07, 6.45) is -1.54. The second-order valence-electron chi connectivity index (χ2n) is 4.77. The fraction of sp³-hybridized carbons (Fsp3) is 1.00. The van der Waals surface area contributed by atoms with Crippen LogP contribution in [0.25, 0.3) is 0 Å². The number of alkyl halides is 4. The van der Waals surface area contributed by atoms with Crippen LogP contribution in [0.15, 0.2) is 0 Å². The predicted octanol–water partition coefficient (Wildman–Crippen LogP) is 2.51. The van der Waals surface area contributed by atoms with E-state index >= 15 is 0 Å². The minimum atomic E-state index is -3.96. The van der Waals surface area contributed by atoms with Crippen molar-refractivity contribution in [3.05, 3.63) is 0 Å². The van der Waals surface area contributed by atoms with Gasteiger partial charge in [0.2, 0.25) is 0 Å². The molecule has 1 aliphatic rings. The van der Waals surface area contributed by atoms with Crippen molar-refractivity contribution in [2.75, 3.05) is 13.1 Å². The monoisotopic (exact) mass is 257 g/mol. The van der Waals surface area contributed by atoms with Gasteiger partial charge in [0.05, 0.1) is 12.6 Å². The Labute approximate surface area is 98.6 Å². The normalized spacial score (nSPS) is 25.2. The van der Waals surface area contributed by atoms with Crippen molar-refractivity contribution < 1.29 is 22.7 Å². The lowest BCUT2D eigenvalue weighted by atomic mass is 9.97. The first kappa shape index (κ1) is 14.7.